The highest BCUT2D eigenvalue weighted by atomic mass is 16.5. The summed E-state index contributed by atoms with van der Waals surface area (Å²) in [6, 6.07) is 3.51. The quantitative estimate of drug-likeness (QED) is 0.597. The van der Waals surface area contributed by atoms with Crippen molar-refractivity contribution in [2.75, 3.05) is 13.2 Å². The lowest BCUT2D eigenvalue weighted by atomic mass is 10.1. The van der Waals surface area contributed by atoms with Crippen LogP contribution in [-0.2, 0) is 20.7 Å². The molecule has 1 aromatic rings. The summed E-state index contributed by atoms with van der Waals surface area (Å²) in [6.07, 6.45) is 6.74. The van der Waals surface area contributed by atoms with Gasteiger partial charge in [0.2, 0.25) is 5.91 Å². The van der Waals surface area contributed by atoms with Crippen LogP contribution in [0.25, 0.3) is 0 Å². The average molecular weight is 304 g/mol. The van der Waals surface area contributed by atoms with Crippen LogP contribution in [-0.4, -0.2) is 41.0 Å². The summed E-state index contributed by atoms with van der Waals surface area (Å²) in [4.78, 5) is 30.0. The molecule has 1 saturated heterocycles. The molecule has 1 atom stereocenters. The highest BCUT2D eigenvalue weighted by Gasteiger charge is 2.35. The number of nitrogens with zero attached hydrogens (tertiary/aromatic N) is 2. The van der Waals surface area contributed by atoms with Crippen molar-refractivity contribution < 1.29 is 14.3 Å². The van der Waals surface area contributed by atoms with Crippen molar-refractivity contribution in [2.24, 2.45) is 5.92 Å². The summed E-state index contributed by atoms with van der Waals surface area (Å²) in [6.45, 7) is 4.76. The van der Waals surface area contributed by atoms with E-state index in [0.29, 0.717) is 19.6 Å². The third kappa shape index (κ3) is 4.29. The second kappa shape index (κ2) is 7.92. The van der Waals surface area contributed by atoms with Gasteiger partial charge in [0, 0.05) is 24.9 Å². The molecular weight excluding hydrogens is 280 g/mol. The van der Waals surface area contributed by atoms with Crippen molar-refractivity contribution in [2.45, 2.75) is 45.6 Å². The van der Waals surface area contributed by atoms with Crippen LogP contribution in [0.15, 0.2) is 24.5 Å². The van der Waals surface area contributed by atoms with Gasteiger partial charge in [-0.2, -0.15) is 0 Å². The van der Waals surface area contributed by atoms with E-state index in [4.69, 9.17) is 4.74 Å². The molecular formula is C17H24N2O3. The number of esters is 1. The van der Waals surface area contributed by atoms with Crippen LogP contribution < -0.4 is 0 Å². The van der Waals surface area contributed by atoms with Gasteiger partial charge in [0.1, 0.15) is 6.04 Å². The summed E-state index contributed by atoms with van der Waals surface area (Å²) in [5, 5.41) is 0. The topological polar surface area (TPSA) is 59.5 Å². The minimum absolute atomic E-state index is 0.0369. The number of aryl methyl sites for hydroxylation is 1. The first-order chi connectivity index (χ1) is 10.6. The Morgan fingerprint density at radius 1 is 1.45 bits per heavy atom. The molecule has 1 aliphatic rings. The number of hydrogen-bond acceptors (Lipinski definition) is 4. The number of carbonyl (C=O) groups excluding carboxylic acids is 2. The standard InChI is InChI=1S/C17H24N2O3/c1-13(2)16(20)19-10-4-8-15(19)17(21)22-11-5-7-14-6-3-9-18-12-14/h3,6,9,12-13,15H,4-5,7-8,10-11H2,1-2H3/t15-/m1/s1. The number of amides is 1. The molecule has 2 heterocycles. The Kier molecular flexibility index (Phi) is 5.92. The van der Waals surface area contributed by atoms with Gasteiger partial charge in [-0.25, -0.2) is 4.79 Å². The summed E-state index contributed by atoms with van der Waals surface area (Å²) in [5.41, 5.74) is 1.14. The summed E-state index contributed by atoms with van der Waals surface area (Å²) < 4.78 is 5.35. The minimum Gasteiger partial charge on any atom is -0.464 e. The van der Waals surface area contributed by atoms with E-state index in [9.17, 15) is 9.59 Å². The van der Waals surface area contributed by atoms with E-state index >= 15 is 0 Å². The summed E-state index contributed by atoms with van der Waals surface area (Å²) >= 11 is 0. The fourth-order valence-electron chi connectivity index (χ4n) is 2.70. The van der Waals surface area contributed by atoms with Gasteiger partial charge < -0.3 is 9.64 Å². The third-order valence-corrected chi connectivity index (χ3v) is 3.88. The van der Waals surface area contributed by atoms with Crippen molar-refractivity contribution in [3.05, 3.63) is 30.1 Å². The third-order valence-electron chi connectivity index (χ3n) is 3.88. The van der Waals surface area contributed by atoms with E-state index in [1.165, 1.54) is 0 Å². The van der Waals surface area contributed by atoms with Gasteiger partial charge in [-0.15, -0.1) is 0 Å². The minimum atomic E-state index is -0.395. The Bertz CT molecular complexity index is 502. The highest BCUT2D eigenvalue weighted by molar-refractivity contribution is 5.86. The fraction of sp³-hybridized carbons (Fsp3) is 0.588. The van der Waals surface area contributed by atoms with Crippen molar-refractivity contribution in [3.63, 3.8) is 0 Å². The van der Waals surface area contributed by atoms with Crippen molar-refractivity contribution in [3.8, 4) is 0 Å². The summed E-state index contributed by atoms with van der Waals surface area (Å²) in [5.74, 6) is -0.313. The summed E-state index contributed by atoms with van der Waals surface area (Å²) in [7, 11) is 0. The first-order valence-electron chi connectivity index (χ1n) is 7.95. The Morgan fingerprint density at radius 2 is 2.27 bits per heavy atom. The molecule has 0 spiro atoms. The zero-order valence-corrected chi connectivity index (χ0v) is 13.3. The Morgan fingerprint density at radius 3 is 2.95 bits per heavy atom. The maximum Gasteiger partial charge on any atom is 0.328 e. The first-order valence-corrected chi connectivity index (χ1v) is 7.95. The maximum atomic E-state index is 12.2. The zero-order valence-electron chi connectivity index (χ0n) is 13.3. The van der Waals surface area contributed by atoms with Gasteiger partial charge >= 0.3 is 5.97 Å². The average Bonchev–Trinajstić information content (AvgIpc) is 3.01. The largest absolute Gasteiger partial charge is 0.464 e. The Labute approximate surface area is 131 Å². The van der Waals surface area contributed by atoms with E-state index in [-0.39, 0.29) is 17.8 Å². The lowest BCUT2D eigenvalue weighted by Gasteiger charge is -2.24. The van der Waals surface area contributed by atoms with Crippen LogP contribution >= 0.6 is 0 Å². The van der Waals surface area contributed by atoms with E-state index < -0.39 is 6.04 Å². The molecule has 0 unspecified atom stereocenters. The van der Waals surface area contributed by atoms with Gasteiger partial charge in [0.15, 0.2) is 0 Å². The molecule has 0 saturated carbocycles. The second-order valence-electron chi connectivity index (χ2n) is 5.98. The lowest BCUT2D eigenvalue weighted by Crippen LogP contribution is -2.43. The number of pyridine rings is 1. The predicted molar refractivity (Wildman–Crippen MR) is 83.1 cm³/mol. The van der Waals surface area contributed by atoms with E-state index in [1.54, 1.807) is 11.1 Å². The highest BCUT2D eigenvalue weighted by Crippen LogP contribution is 2.21. The van der Waals surface area contributed by atoms with E-state index in [1.807, 2.05) is 32.2 Å². The molecule has 0 bridgehead atoms. The number of ether oxygens (including phenoxy) is 1. The molecule has 0 aliphatic carbocycles. The smallest absolute Gasteiger partial charge is 0.328 e. The van der Waals surface area contributed by atoms with Gasteiger partial charge in [-0.1, -0.05) is 19.9 Å². The molecule has 5 heteroatoms. The first kappa shape index (κ1) is 16.5. The van der Waals surface area contributed by atoms with Crippen LogP contribution in [0.5, 0.6) is 0 Å². The molecule has 0 N–H and O–H groups in total. The van der Waals surface area contributed by atoms with Crippen LogP contribution in [0.3, 0.4) is 0 Å². The van der Waals surface area contributed by atoms with Crippen molar-refractivity contribution >= 4 is 11.9 Å². The predicted octanol–water partition coefficient (Wildman–Crippen LogP) is 2.20. The zero-order chi connectivity index (χ0) is 15.9. The molecule has 2 rings (SSSR count). The molecule has 0 aromatic carbocycles. The molecule has 1 aliphatic heterocycles. The van der Waals surface area contributed by atoms with Gasteiger partial charge in [-0.05, 0) is 37.3 Å². The number of likely N-dealkylation sites (tertiary alicyclic amines) is 1. The van der Waals surface area contributed by atoms with Crippen LogP contribution in [0.4, 0.5) is 0 Å². The van der Waals surface area contributed by atoms with Crippen molar-refractivity contribution in [1.29, 1.82) is 0 Å². The number of aromatic nitrogens is 1. The SMILES string of the molecule is CC(C)C(=O)N1CCC[C@@H]1C(=O)OCCCc1cccnc1. The van der Waals surface area contributed by atoms with Crippen LogP contribution in [0.2, 0.25) is 0 Å². The monoisotopic (exact) mass is 304 g/mol. The fourth-order valence-corrected chi connectivity index (χ4v) is 2.70. The molecule has 1 aromatic heterocycles. The van der Waals surface area contributed by atoms with Gasteiger partial charge in [0.25, 0.3) is 0 Å². The molecule has 0 radical (unpaired) electrons. The van der Waals surface area contributed by atoms with Gasteiger partial charge in [0.05, 0.1) is 6.61 Å². The number of rotatable bonds is 6. The maximum absolute atomic E-state index is 12.2. The molecule has 120 valence electrons. The van der Waals surface area contributed by atoms with Crippen LogP contribution in [0, 0.1) is 5.92 Å². The number of carbonyl (C=O) groups is 2. The Hall–Kier alpha value is -1.91. The second-order valence-corrected chi connectivity index (χ2v) is 5.98. The van der Waals surface area contributed by atoms with Crippen molar-refractivity contribution in [1.82, 2.24) is 9.88 Å². The van der Waals surface area contributed by atoms with Gasteiger partial charge in [-0.3, -0.25) is 9.78 Å². The Balaban J connectivity index is 1.76. The molecule has 1 fully saturated rings. The van der Waals surface area contributed by atoms with E-state index in [2.05, 4.69) is 4.98 Å². The van der Waals surface area contributed by atoms with E-state index in [0.717, 1.165) is 24.8 Å². The molecule has 22 heavy (non-hydrogen) atoms. The lowest BCUT2D eigenvalue weighted by molar-refractivity contribution is -0.154. The van der Waals surface area contributed by atoms with Crippen LogP contribution in [0.1, 0.15) is 38.7 Å². The molecule has 5 nitrogen and oxygen atoms in total. The molecule has 1 amide bonds. The normalized spacial score (nSPS) is 17.8. The number of hydrogen-bond donors (Lipinski definition) is 0.